The fourth-order valence-corrected chi connectivity index (χ4v) is 4.68. The summed E-state index contributed by atoms with van der Waals surface area (Å²) in [6.45, 7) is 5.76. The van der Waals surface area contributed by atoms with Gasteiger partial charge in [0.05, 0.1) is 17.0 Å². The molecule has 2 aromatic rings. The molecule has 1 aromatic carbocycles. The van der Waals surface area contributed by atoms with Crippen LogP contribution in [0.1, 0.15) is 73.6 Å². The standard InChI is InChI=1S/C27H33N3O7S/c1-5-16-28-25(33)20-11-10-12-22(18-20)38(35,36)30-19-21(14-15-23(30)31)26(34)29-17-9-7-6-8-13-24(32)37-27(2,3)4/h1,10-12,14-15,18-19H,6-9,13,16-17H2,2-4H3,(H,28,33)(H,29,34). The van der Waals surface area contributed by atoms with Crippen LogP contribution in [0.2, 0.25) is 0 Å². The molecule has 2 rings (SSSR count). The number of aromatic nitrogens is 1. The molecule has 0 unspecified atom stereocenters. The van der Waals surface area contributed by atoms with Crippen molar-refractivity contribution in [2.45, 2.75) is 63.4 Å². The molecule has 38 heavy (non-hydrogen) atoms. The van der Waals surface area contributed by atoms with Crippen LogP contribution in [0.15, 0.2) is 52.3 Å². The predicted molar refractivity (Wildman–Crippen MR) is 142 cm³/mol. The van der Waals surface area contributed by atoms with Gasteiger partial charge in [-0.25, -0.2) is 12.4 Å². The molecule has 1 heterocycles. The molecule has 0 spiro atoms. The second-order valence-electron chi connectivity index (χ2n) is 9.48. The van der Waals surface area contributed by atoms with Gasteiger partial charge in [0.1, 0.15) is 5.60 Å². The number of nitrogens with one attached hydrogen (secondary N) is 2. The normalized spacial score (nSPS) is 11.3. The Kier molecular flexibility index (Phi) is 10.8. The molecule has 1 aromatic heterocycles. The topological polar surface area (TPSA) is 141 Å². The van der Waals surface area contributed by atoms with Crippen LogP contribution in [0.5, 0.6) is 0 Å². The van der Waals surface area contributed by atoms with Crippen molar-refractivity contribution in [3.8, 4) is 12.3 Å². The molecule has 11 heteroatoms. The zero-order chi connectivity index (χ0) is 28.3. The summed E-state index contributed by atoms with van der Waals surface area (Å²) in [5, 5.41) is 5.14. The van der Waals surface area contributed by atoms with Gasteiger partial charge in [-0.05, 0) is 57.9 Å². The Morgan fingerprint density at radius 1 is 0.974 bits per heavy atom. The number of rotatable bonds is 12. The van der Waals surface area contributed by atoms with Crippen molar-refractivity contribution in [2.75, 3.05) is 13.1 Å². The average molecular weight is 544 g/mol. The minimum Gasteiger partial charge on any atom is -0.460 e. The lowest BCUT2D eigenvalue weighted by Crippen LogP contribution is -2.30. The van der Waals surface area contributed by atoms with Crippen molar-refractivity contribution in [1.82, 2.24) is 14.6 Å². The van der Waals surface area contributed by atoms with Gasteiger partial charge in [-0.1, -0.05) is 24.8 Å². The highest BCUT2D eigenvalue weighted by Crippen LogP contribution is 2.15. The van der Waals surface area contributed by atoms with Crippen molar-refractivity contribution < 1.29 is 27.5 Å². The maximum Gasteiger partial charge on any atom is 0.306 e. The second kappa shape index (κ2) is 13.6. The second-order valence-corrected chi connectivity index (χ2v) is 11.3. The molecule has 10 nitrogen and oxygen atoms in total. The first kappa shape index (κ1) is 30.3. The molecule has 0 aliphatic carbocycles. The van der Waals surface area contributed by atoms with Crippen LogP contribution in [0.3, 0.4) is 0 Å². The van der Waals surface area contributed by atoms with E-state index in [1.807, 2.05) is 20.8 Å². The number of esters is 1. The van der Waals surface area contributed by atoms with Gasteiger partial charge < -0.3 is 15.4 Å². The first-order valence-corrected chi connectivity index (χ1v) is 13.6. The molecule has 0 aliphatic rings. The van der Waals surface area contributed by atoms with Crippen LogP contribution in [0, 0.1) is 12.3 Å². The fourth-order valence-electron chi connectivity index (χ4n) is 3.38. The predicted octanol–water partition coefficient (Wildman–Crippen LogP) is 2.47. The number of carbonyl (C=O) groups is 3. The van der Waals surface area contributed by atoms with E-state index in [0.29, 0.717) is 29.8 Å². The number of hydrogen-bond acceptors (Lipinski definition) is 7. The van der Waals surface area contributed by atoms with Crippen molar-refractivity contribution in [3.05, 3.63) is 64.1 Å². The van der Waals surface area contributed by atoms with E-state index in [1.165, 1.54) is 24.3 Å². The van der Waals surface area contributed by atoms with Crippen molar-refractivity contribution >= 4 is 27.8 Å². The highest BCUT2D eigenvalue weighted by molar-refractivity contribution is 7.90. The summed E-state index contributed by atoms with van der Waals surface area (Å²) >= 11 is 0. The lowest BCUT2D eigenvalue weighted by molar-refractivity contribution is -0.154. The Bertz CT molecular complexity index is 1370. The quantitative estimate of drug-likeness (QED) is 0.238. The summed E-state index contributed by atoms with van der Waals surface area (Å²) in [6.07, 6.45) is 9.32. The molecule has 0 saturated heterocycles. The molecule has 0 bridgehead atoms. The van der Waals surface area contributed by atoms with E-state index >= 15 is 0 Å². The third-order valence-corrected chi connectivity index (χ3v) is 6.81. The number of benzene rings is 1. The van der Waals surface area contributed by atoms with Crippen LogP contribution < -0.4 is 16.2 Å². The number of carbonyl (C=O) groups excluding carboxylic acids is 3. The van der Waals surface area contributed by atoms with Gasteiger partial charge in [-0.2, -0.15) is 0 Å². The molecule has 0 atom stereocenters. The third-order valence-electron chi connectivity index (χ3n) is 5.16. The van der Waals surface area contributed by atoms with Gasteiger partial charge in [0.15, 0.2) is 0 Å². The summed E-state index contributed by atoms with van der Waals surface area (Å²) in [5.41, 5.74) is -1.32. The maximum absolute atomic E-state index is 13.1. The lowest BCUT2D eigenvalue weighted by Gasteiger charge is -2.19. The van der Waals surface area contributed by atoms with E-state index in [4.69, 9.17) is 11.2 Å². The molecule has 0 saturated carbocycles. The SMILES string of the molecule is C#CCNC(=O)c1cccc(S(=O)(=O)n2cc(C(=O)NCCCCCCC(=O)OC(C)(C)C)ccc2=O)c1. The summed E-state index contributed by atoms with van der Waals surface area (Å²) in [5.74, 6) is 0.908. The van der Waals surface area contributed by atoms with Gasteiger partial charge >= 0.3 is 5.97 Å². The Balaban J connectivity index is 1.98. The molecular weight excluding hydrogens is 510 g/mol. The van der Waals surface area contributed by atoms with E-state index < -0.39 is 33.0 Å². The largest absolute Gasteiger partial charge is 0.460 e. The molecule has 0 aliphatic heterocycles. The first-order chi connectivity index (χ1) is 17.8. The molecule has 2 N–H and O–H groups in total. The molecule has 0 fully saturated rings. The number of nitrogens with zero attached hydrogens (tertiary/aromatic N) is 1. The van der Waals surface area contributed by atoms with E-state index in [9.17, 15) is 27.6 Å². The number of pyridine rings is 1. The van der Waals surface area contributed by atoms with Crippen LogP contribution >= 0.6 is 0 Å². The fraction of sp³-hybridized carbons (Fsp3) is 0.407. The van der Waals surface area contributed by atoms with E-state index in [2.05, 4.69) is 16.6 Å². The summed E-state index contributed by atoms with van der Waals surface area (Å²) in [6, 6.07) is 7.39. The monoisotopic (exact) mass is 543 g/mol. The summed E-state index contributed by atoms with van der Waals surface area (Å²) < 4.78 is 32.0. The number of amides is 2. The average Bonchev–Trinajstić information content (AvgIpc) is 2.85. The van der Waals surface area contributed by atoms with Crippen LogP contribution in [0.4, 0.5) is 0 Å². The Morgan fingerprint density at radius 3 is 2.34 bits per heavy atom. The Morgan fingerprint density at radius 2 is 1.66 bits per heavy atom. The molecular formula is C27H33N3O7S. The van der Waals surface area contributed by atoms with Gasteiger partial charge in [-0.3, -0.25) is 19.2 Å². The maximum atomic E-state index is 13.1. The van der Waals surface area contributed by atoms with Gasteiger partial charge in [0.25, 0.3) is 27.4 Å². The van der Waals surface area contributed by atoms with Crippen molar-refractivity contribution in [2.24, 2.45) is 0 Å². The van der Waals surface area contributed by atoms with Crippen molar-refractivity contribution in [3.63, 3.8) is 0 Å². The zero-order valence-corrected chi connectivity index (χ0v) is 22.6. The van der Waals surface area contributed by atoms with Crippen molar-refractivity contribution in [1.29, 1.82) is 0 Å². The summed E-state index contributed by atoms with van der Waals surface area (Å²) in [7, 11) is -4.39. The van der Waals surface area contributed by atoms with E-state index in [1.54, 1.807) is 0 Å². The number of hydrogen-bond donors (Lipinski definition) is 2. The number of ether oxygens (including phenoxy) is 1. The minimum absolute atomic E-state index is 0.0129. The Labute approximate surface area is 222 Å². The summed E-state index contributed by atoms with van der Waals surface area (Å²) in [4.78, 5) is 48.5. The number of unbranched alkanes of at least 4 members (excludes halogenated alkanes) is 3. The first-order valence-electron chi connectivity index (χ1n) is 12.2. The van der Waals surface area contributed by atoms with Crippen LogP contribution in [-0.2, 0) is 19.6 Å². The number of terminal acetylenes is 1. The van der Waals surface area contributed by atoms with E-state index in [0.717, 1.165) is 31.2 Å². The highest BCUT2D eigenvalue weighted by atomic mass is 32.2. The molecule has 204 valence electrons. The van der Waals surface area contributed by atoms with Gasteiger partial charge in [-0.15, -0.1) is 6.42 Å². The highest BCUT2D eigenvalue weighted by Gasteiger charge is 2.21. The molecule has 2 amide bonds. The van der Waals surface area contributed by atoms with E-state index in [-0.39, 0.29) is 28.5 Å². The van der Waals surface area contributed by atoms with Crippen LogP contribution in [0.25, 0.3) is 0 Å². The molecule has 0 radical (unpaired) electrons. The smallest absolute Gasteiger partial charge is 0.306 e. The van der Waals surface area contributed by atoms with Gasteiger partial charge in [0.2, 0.25) is 0 Å². The zero-order valence-electron chi connectivity index (χ0n) is 21.8. The van der Waals surface area contributed by atoms with Gasteiger partial charge in [0, 0.05) is 30.8 Å². The Hall–Kier alpha value is -3.91. The third kappa shape index (κ3) is 9.19. The minimum atomic E-state index is -4.39. The van der Waals surface area contributed by atoms with Crippen LogP contribution in [-0.4, -0.2) is 48.9 Å². The lowest BCUT2D eigenvalue weighted by atomic mass is 10.1.